The second-order valence-corrected chi connectivity index (χ2v) is 8.29. The maximum atomic E-state index is 12.9. The first-order valence-electron chi connectivity index (χ1n) is 8.76. The normalized spacial score (nSPS) is 11.4. The molecule has 2 aromatic carbocycles. The Kier molecular flexibility index (Phi) is 7.10. The number of nitrogens with zero attached hydrogens (tertiary/aromatic N) is 1. The monoisotopic (exact) mass is 392 g/mol. The van der Waals surface area contributed by atoms with Crippen LogP contribution in [0.5, 0.6) is 0 Å². The number of benzene rings is 2. The van der Waals surface area contributed by atoms with Gasteiger partial charge in [0.05, 0.1) is 4.90 Å². The third-order valence-electron chi connectivity index (χ3n) is 4.49. The Morgan fingerprint density at radius 2 is 1.70 bits per heavy atom. The van der Waals surface area contributed by atoms with Crippen molar-refractivity contribution < 1.29 is 17.6 Å². The van der Waals surface area contributed by atoms with Crippen LogP contribution in [0.2, 0.25) is 0 Å². The van der Waals surface area contributed by atoms with Crippen LogP contribution in [-0.4, -0.2) is 38.9 Å². The van der Waals surface area contributed by atoms with Gasteiger partial charge in [-0.15, -0.1) is 0 Å². The van der Waals surface area contributed by atoms with E-state index in [4.69, 9.17) is 0 Å². The molecule has 0 atom stereocenters. The molecular weight excluding hydrogens is 367 g/mol. The van der Waals surface area contributed by atoms with Gasteiger partial charge in [0.2, 0.25) is 15.9 Å². The highest BCUT2D eigenvalue weighted by molar-refractivity contribution is 7.89. The van der Waals surface area contributed by atoms with Crippen LogP contribution < -0.4 is 4.72 Å². The second kappa shape index (κ2) is 9.10. The predicted molar refractivity (Wildman–Crippen MR) is 103 cm³/mol. The topological polar surface area (TPSA) is 66.5 Å². The van der Waals surface area contributed by atoms with Gasteiger partial charge in [-0.05, 0) is 61.2 Å². The zero-order valence-electron chi connectivity index (χ0n) is 15.8. The molecule has 0 aromatic heterocycles. The molecule has 0 unspecified atom stereocenters. The van der Waals surface area contributed by atoms with Gasteiger partial charge in [0.15, 0.2) is 0 Å². The van der Waals surface area contributed by atoms with Crippen molar-refractivity contribution in [3.8, 4) is 0 Å². The Morgan fingerprint density at radius 1 is 1.04 bits per heavy atom. The van der Waals surface area contributed by atoms with Crippen LogP contribution in [0.25, 0.3) is 0 Å². The molecule has 2 aromatic rings. The predicted octanol–water partition coefficient (Wildman–Crippen LogP) is 2.81. The van der Waals surface area contributed by atoms with Gasteiger partial charge in [-0.2, -0.15) is 0 Å². The number of carbonyl (C=O) groups is 1. The minimum Gasteiger partial charge on any atom is -0.341 e. The lowest BCUT2D eigenvalue weighted by Crippen LogP contribution is -2.38. The van der Waals surface area contributed by atoms with Crippen LogP contribution in [-0.2, 0) is 21.2 Å². The largest absolute Gasteiger partial charge is 0.341 e. The number of rotatable bonds is 8. The minimum absolute atomic E-state index is 0.123. The summed E-state index contributed by atoms with van der Waals surface area (Å²) >= 11 is 0. The summed E-state index contributed by atoms with van der Waals surface area (Å²) in [5.74, 6) is -0.439. The summed E-state index contributed by atoms with van der Waals surface area (Å²) in [7, 11) is -3.62. The van der Waals surface area contributed by atoms with Crippen molar-refractivity contribution >= 4 is 15.9 Å². The number of aryl methyl sites for hydroxylation is 2. The molecule has 0 fully saturated rings. The maximum absolute atomic E-state index is 12.9. The lowest BCUT2D eigenvalue weighted by atomic mass is 10.1. The van der Waals surface area contributed by atoms with E-state index in [9.17, 15) is 17.6 Å². The van der Waals surface area contributed by atoms with Crippen molar-refractivity contribution in [2.24, 2.45) is 0 Å². The van der Waals surface area contributed by atoms with Crippen molar-refractivity contribution in [2.75, 3.05) is 19.6 Å². The van der Waals surface area contributed by atoms with E-state index in [0.717, 1.165) is 16.7 Å². The summed E-state index contributed by atoms with van der Waals surface area (Å²) in [6, 6.07) is 11.1. The molecule has 1 N–H and O–H groups in total. The van der Waals surface area contributed by atoms with Gasteiger partial charge in [-0.25, -0.2) is 17.5 Å². The number of hydrogen-bond acceptors (Lipinski definition) is 3. The van der Waals surface area contributed by atoms with Gasteiger partial charge in [-0.1, -0.05) is 18.2 Å². The van der Waals surface area contributed by atoms with E-state index in [1.165, 1.54) is 19.1 Å². The highest BCUT2D eigenvalue weighted by atomic mass is 32.2. The van der Waals surface area contributed by atoms with Crippen LogP contribution in [0.3, 0.4) is 0 Å². The molecule has 0 radical (unpaired) electrons. The Labute approximate surface area is 160 Å². The van der Waals surface area contributed by atoms with E-state index in [0.29, 0.717) is 13.0 Å². The van der Waals surface area contributed by atoms with E-state index >= 15 is 0 Å². The van der Waals surface area contributed by atoms with Crippen molar-refractivity contribution in [2.45, 2.75) is 32.1 Å². The number of sulfonamides is 1. The fourth-order valence-corrected chi connectivity index (χ4v) is 3.73. The Morgan fingerprint density at radius 3 is 2.30 bits per heavy atom. The summed E-state index contributed by atoms with van der Waals surface area (Å²) in [5.41, 5.74) is 2.85. The fraction of sp³-hybridized carbons (Fsp3) is 0.350. The first kappa shape index (κ1) is 21.1. The molecule has 7 heteroatoms. The highest BCUT2D eigenvalue weighted by Gasteiger charge is 2.16. The van der Waals surface area contributed by atoms with Gasteiger partial charge >= 0.3 is 0 Å². The van der Waals surface area contributed by atoms with E-state index in [-0.39, 0.29) is 29.7 Å². The standard InChI is InChI=1S/C20H25FN2O3S/c1-15-4-9-20(14-16(15)2)27(25,26)22-11-13-23(17(3)24)12-10-18-5-7-19(21)8-6-18/h4-9,14,22H,10-13H2,1-3H3. The molecule has 146 valence electrons. The molecule has 0 saturated heterocycles. The molecule has 0 aliphatic carbocycles. The Balaban J connectivity index is 1.92. The Bertz CT molecular complexity index is 896. The van der Waals surface area contributed by atoms with E-state index in [1.807, 2.05) is 13.8 Å². The summed E-state index contributed by atoms with van der Waals surface area (Å²) in [5, 5.41) is 0. The molecule has 1 amide bonds. The zero-order valence-corrected chi connectivity index (χ0v) is 16.6. The third kappa shape index (κ3) is 6.15. The molecule has 5 nitrogen and oxygen atoms in total. The van der Waals surface area contributed by atoms with Crippen LogP contribution in [0, 0.1) is 19.7 Å². The molecular formula is C20H25FN2O3S. The number of halogens is 1. The second-order valence-electron chi connectivity index (χ2n) is 6.53. The molecule has 0 spiro atoms. The van der Waals surface area contributed by atoms with Gasteiger partial charge < -0.3 is 4.90 Å². The molecule has 0 heterocycles. The molecule has 0 saturated carbocycles. The van der Waals surface area contributed by atoms with E-state index < -0.39 is 10.0 Å². The fourth-order valence-electron chi connectivity index (χ4n) is 2.62. The van der Waals surface area contributed by atoms with Crippen LogP contribution >= 0.6 is 0 Å². The summed E-state index contributed by atoms with van der Waals surface area (Å²) in [6.45, 7) is 6.06. The van der Waals surface area contributed by atoms with Crippen molar-refractivity contribution in [1.82, 2.24) is 9.62 Å². The molecule has 0 aliphatic heterocycles. The van der Waals surface area contributed by atoms with Gasteiger partial charge in [0.1, 0.15) is 5.82 Å². The number of carbonyl (C=O) groups excluding carboxylic acids is 1. The maximum Gasteiger partial charge on any atom is 0.240 e. The minimum atomic E-state index is -3.62. The summed E-state index contributed by atoms with van der Waals surface area (Å²) < 4.78 is 40.3. The van der Waals surface area contributed by atoms with Gasteiger partial charge in [0, 0.05) is 26.6 Å². The van der Waals surface area contributed by atoms with Crippen molar-refractivity contribution in [1.29, 1.82) is 0 Å². The van der Waals surface area contributed by atoms with E-state index in [2.05, 4.69) is 4.72 Å². The lowest BCUT2D eigenvalue weighted by Gasteiger charge is -2.21. The Hall–Kier alpha value is -2.25. The number of hydrogen-bond donors (Lipinski definition) is 1. The first-order chi connectivity index (χ1) is 12.7. The molecule has 2 rings (SSSR count). The van der Waals surface area contributed by atoms with Crippen LogP contribution in [0.4, 0.5) is 4.39 Å². The summed E-state index contributed by atoms with van der Waals surface area (Å²) in [6.07, 6.45) is 0.573. The lowest BCUT2D eigenvalue weighted by molar-refractivity contribution is -0.128. The average molecular weight is 392 g/mol. The van der Waals surface area contributed by atoms with Gasteiger partial charge in [0.25, 0.3) is 0 Å². The molecule has 0 aliphatic rings. The molecule has 0 bridgehead atoms. The van der Waals surface area contributed by atoms with Crippen LogP contribution in [0.1, 0.15) is 23.6 Å². The third-order valence-corrected chi connectivity index (χ3v) is 5.95. The van der Waals surface area contributed by atoms with E-state index in [1.54, 1.807) is 35.2 Å². The average Bonchev–Trinajstić information content (AvgIpc) is 2.61. The summed E-state index contributed by atoms with van der Waals surface area (Å²) in [4.78, 5) is 13.6. The van der Waals surface area contributed by atoms with Gasteiger partial charge in [-0.3, -0.25) is 4.79 Å². The smallest absolute Gasteiger partial charge is 0.240 e. The number of nitrogens with one attached hydrogen (secondary N) is 1. The number of amides is 1. The highest BCUT2D eigenvalue weighted by Crippen LogP contribution is 2.14. The quantitative estimate of drug-likeness (QED) is 0.751. The van der Waals surface area contributed by atoms with Crippen LogP contribution in [0.15, 0.2) is 47.4 Å². The SMILES string of the molecule is CC(=O)N(CCNS(=O)(=O)c1ccc(C)c(C)c1)CCc1ccc(F)cc1. The molecule has 27 heavy (non-hydrogen) atoms. The van der Waals surface area contributed by atoms with Crippen molar-refractivity contribution in [3.63, 3.8) is 0 Å². The first-order valence-corrected chi connectivity index (χ1v) is 10.2. The van der Waals surface area contributed by atoms with Crippen molar-refractivity contribution in [3.05, 3.63) is 65.0 Å². The zero-order chi connectivity index (χ0) is 20.0.